The maximum atomic E-state index is 14.9. The first-order chi connectivity index (χ1) is 27.0. The molecular formula is C39H70O12P6. The van der Waals surface area contributed by atoms with Crippen LogP contribution in [0.5, 0.6) is 0 Å². The molecule has 16 unspecified atom stereocenters. The first-order valence-electron chi connectivity index (χ1n) is 22.8. The molecule has 8 aliphatic rings. The Morgan fingerprint density at radius 3 is 0.842 bits per heavy atom. The van der Waals surface area contributed by atoms with Gasteiger partial charge in [0.1, 0.15) is 0 Å². The Labute approximate surface area is 342 Å². The van der Waals surface area contributed by atoms with Crippen LogP contribution in [0.4, 0.5) is 0 Å². The Hall–Kier alpha value is 1.14. The Morgan fingerprint density at radius 2 is 0.596 bits per heavy atom. The predicted octanol–water partition coefficient (Wildman–Crippen LogP) is 15.3. The van der Waals surface area contributed by atoms with Gasteiger partial charge in [-0.05, 0) is 151 Å². The number of rotatable bonds is 12. The quantitative estimate of drug-likeness (QED) is 0.171. The number of hydrogen-bond donors (Lipinski definition) is 0. The van der Waals surface area contributed by atoms with Crippen LogP contribution in [-0.2, 0) is 53.3 Å². The van der Waals surface area contributed by atoms with Crippen molar-refractivity contribution in [1.29, 1.82) is 0 Å². The van der Waals surface area contributed by atoms with Gasteiger partial charge in [0.25, 0.3) is 0 Å². The molecule has 6 saturated carbocycles. The smallest absolute Gasteiger partial charge is 0.259 e. The second kappa shape index (κ2) is 17.3. The summed E-state index contributed by atoms with van der Waals surface area (Å²) in [5.74, 6) is 2.06. The molecule has 6 aliphatic carbocycles. The molecule has 0 bridgehead atoms. The summed E-state index contributed by atoms with van der Waals surface area (Å²) in [5, 5.41) is 0. The van der Waals surface area contributed by atoms with Gasteiger partial charge in [-0.1, -0.05) is 59.8 Å². The Morgan fingerprint density at radius 1 is 0.351 bits per heavy atom. The lowest BCUT2D eigenvalue weighted by molar-refractivity contribution is 0.254. The van der Waals surface area contributed by atoms with Crippen molar-refractivity contribution in [3.63, 3.8) is 0 Å². The minimum atomic E-state index is -4.00. The third-order valence-corrected chi connectivity index (χ3v) is 34.9. The molecule has 0 aromatic heterocycles. The van der Waals surface area contributed by atoms with Crippen molar-refractivity contribution < 1.29 is 53.3 Å². The minimum Gasteiger partial charge on any atom is -0.259 e. The van der Waals surface area contributed by atoms with Gasteiger partial charge in [-0.25, -0.2) is 25.9 Å². The molecule has 2 saturated heterocycles. The lowest BCUT2D eigenvalue weighted by Gasteiger charge is -2.40. The fraction of sp³-hybridized carbons (Fsp3) is 1.00. The van der Waals surface area contributed by atoms with E-state index in [2.05, 4.69) is 27.7 Å². The molecule has 2 aliphatic heterocycles. The highest BCUT2D eigenvalue weighted by Gasteiger charge is 2.64. The van der Waals surface area contributed by atoms with Crippen LogP contribution in [0, 0.1) is 35.5 Å². The molecule has 0 aromatic rings. The van der Waals surface area contributed by atoms with Crippen LogP contribution < -0.4 is 0 Å². The van der Waals surface area contributed by atoms with Gasteiger partial charge in [-0.2, -0.15) is 0 Å². The van der Waals surface area contributed by atoms with Gasteiger partial charge in [-0.3, -0.25) is 27.4 Å². The van der Waals surface area contributed by atoms with Crippen LogP contribution in [0.2, 0.25) is 0 Å². The lowest BCUT2D eigenvalue weighted by Crippen LogP contribution is -2.22. The monoisotopic (exact) mass is 916 g/mol. The molecule has 0 radical (unpaired) electrons. The zero-order valence-corrected chi connectivity index (χ0v) is 40.1. The number of hydrogen-bond acceptors (Lipinski definition) is 12. The fourth-order valence-electron chi connectivity index (χ4n) is 12.1. The highest BCUT2D eigenvalue weighted by molar-refractivity contribution is 7.81. The first kappa shape index (κ1) is 44.7. The molecule has 328 valence electrons. The van der Waals surface area contributed by atoms with Crippen molar-refractivity contribution in [1.82, 2.24) is 0 Å². The van der Waals surface area contributed by atoms with Crippen molar-refractivity contribution in [2.75, 3.05) is 0 Å². The molecule has 0 aromatic carbocycles. The molecule has 0 N–H and O–H groups in total. The summed E-state index contributed by atoms with van der Waals surface area (Å²) in [6.07, 6.45) is 17.6. The summed E-state index contributed by atoms with van der Waals surface area (Å²) in [6.45, 7) is 8.47. The second-order valence-corrected chi connectivity index (χ2v) is 34.7. The zero-order chi connectivity index (χ0) is 40.4. The highest BCUT2D eigenvalue weighted by Crippen LogP contribution is 2.90. The molecule has 8 fully saturated rings. The van der Waals surface area contributed by atoms with Crippen molar-refractivity contribution >= 4 is 45.6 Å². The van der Waals surface area contributed by atoms with Gasteiger partial charge >= 0.3 is 45.6 Å². The summed E-state index contributed by atoms with van der Waals surface area (Å²) in [5.41, 5.74) is -2.51. The summed E-state index contributed by atoms with van der Waals surface area (Å²) in [4.78, 5) is 0. The van der Waals surface area contributed by atoms with E-state index in [0.717, 1.165) is 70.6 Å². The lowest BCUT2D eigenvalue weighted by atomic mass is 9.95. The van der Waals surface area contributed by atoms with E-state index >= 15 is 0 Å². The van der Waals surface area contributed by atoms with E-state index < -0.39 is 79.5 Å². The van der Waals surface area contributed by atoms with Crippen LogP contribution in [0.15, 0.2) is 0 Å². The van der Waals surface area contributed by atoms with Crippen LogP contribution in [0.25, 0.3) is 0 Å². The van der Waals surface area contributed by atoms with Gasteiger partial charge in [0.15, 0.2) is 0 Å². The van der Waals surface area contributed by atoms with Crippen molar-refractivity contribution in [2.24, 2.45) is 35.5 Å². The van der Waals surface area contributed by atoms with Gasteiger partial charge in [0, 0.05) is 0 Å². The van der Waals surface area contributed by atoms with Crippen molar-refractivity contribution in [3.05, 3.63) is 0 Å². The average molecular weight is 917 g/mol. The minimum absolute atomic E-state index is 0.277. The average Bonchev–Trinajstić information content (AvgIpc) is 3.99. The van der Waals surface area contributed by atoms with E-state index in [1.165, 1.54) is 0 Å². The van der Waals surface area contributed by atoms with Crippen LogP contribution in [0.1, 0.15) is 175 Å². The zero-order valence-electron chi connectivity index (χ0n) is 34.8. The maximum Gasteiger partial charge on any atom is 0.348 e. The molecule has 2 heterocycles. The van der Waals surface area contributed by atoms with E-state index in [4.69, 9.17) is 25.9 Å². The topological polar surface area (TPSA) is 158 Å². The van der Waals surface area contributed by atoms with Gasteiger partial charge < -0.3 is 0 Å². The molecule has 57 heavy (non-hydrogen) atoms. The summed E-state index contributed by atoms with van der Waals surface area (Å²) >= 11 is 0. The molecule has 8 rings (SSSR count). The molecular weight excluding hydrogens is 846 g/mol. The van der Waals surface area contributed by atoms with Crippen molar-refractivity contribution in [2.45, 2.75) is 209 Å². The molecule has 18 heteroatoms. The molecule has 0 spiro atoms. The normalized spacial score (nSPS) is 54.5. The third kappa shape index (κ3) is 9.24. The van der Waals surface area contributed by atoms with E-state index in [0.29, 0.717) is 101 Å². The maximum absolute atomic E-state index is 14.9. The van der Waals surface area contributed by atoms with Crippen molar-refractivity contribution in [3.8, 4) is 0 Å². The molecule has 12 nitrogen and oxygen atoms in total. The third-order valence-electron chi connectivity index (χ3n) is 15.8. The standard InChI is InChI=1S/C39H70O12P6/c1-5-30-12-18-36(24-30)54(42)49-55(43,37-19-13-31(6-2)25-37)51-57(45,50-54)39-21-15-33(27-39)9-7-8-32-14-20-38(26-32)56(44)47-52(40,34-16-10-28(3)22-34)46-53(41,48-56)35-17-11-29(4)23-35/h28-39H,5-27H2,1-4H3. The fourth-order valence-corrected chi connectivity index (χ4v) is 34.7. The second-order valence-electron chi connectivity index (χ2n) is 20.0. The first-order valence-corrected chi connectivity index (χ1v) is 32.5. The Kier molecular flexibility index (Phi) is 13.5. The Bertz CT molecular complexity index is 1680. The van der Waals surface area contributed by atoms with Gasteiger partial charge in [0.05, 0.1) is 34.0 Å². The summed E-state index contributed by atoms with van der Waals surface area (Å²) in [6, 6.07) is 0. The van der Waals surface area contributed by atoms with Crippen LogP contribution in [0.3, 0.4) is 0 Å². The highest BCUT2D eigenvalue weighted by atomic mass is 31.3. The largest absolute Gasteiger partial charge is 0.348 e. The molecule has 16 atom stereocenters. The molecule has 0 amide bonds. The van der Waals surface area contributed by atoms with Gasteiger partial charge in [-0.15, -0.1) is 0 Å². The van der Waals surface area contributed by atoms with Crippen LogP contribution >= 0.6 is 45.6 Å². The van der Waals surface area contributed by atoms with Gasteiger partial charge in [0.2, 0.25) is 0 Å². The summed E-state index contributed by atoms with van der Waals surface area (Å²) < 4.78 is 124. The predicted molar refractivity (Wildman–Crippen MR) is 225 cm³/mol. The SMILES string of the molecule is CCC1CCC(P2(=O)OP(=O)(C3CCC(CC)C3)OP(=O)(C3CCC(CCCC4CCC(P5(=O)OP(=O)(C6CCC(C)C6)OP(=O)(C6CCC(C)C6)O5)C4)C3)O2)C1. The Balaban J connectivity index is 0.891. The summed E-state index contributed by atoms with van der Waals surface area (Å²) in [7, 11) is -23.7. The van der Waals surface area contributed by atoms with E-state index in [1.54, 1.807) is 0 Å². The van der Waals surface area contributed by atoms with Crippen LogP contribution in [-0.4, -0.2) is 34.0 Å². The van der Waals surface area contributed by atoms with E-state index in [1.807, 2.05) is 0 Å². The van der Waals surface area contributed by atoms with E-state index in [9.17, 15) is 27.4 Å². The van der Waals surface area contributed by atoms with E-state index in [-0.39, 0.29) is 11.8 Å².